The minimum atomic E-state index is -0.172. The van der Waals surface area contributed by atoms with Crippen LogP contribution in [0.5, 0.6) is 0 Å². The highest BCUT2D eigenvalue weighted by atomic mass is 35.5. The maximum Gasteiger partial charge on any atom is 0.321 e. The Morgan fingerprint density at radius 3 is 2.58 bits per heavy atom. The van der Waals surface area contributed by atoms with Crippen LogP contribution in [0.15, 0.2) is 24.3 Å². The van der Waals surface area contributed by atoms with E-state index in [9.17, 15) is 9.59 Å². The molecule has 142 valence electrons. The van der Waals surface area contributed by atoms with Crippen molar-refractivity contribution in [2.75, 3.05) is 44.6 Å². The van der Waals surface area contributed by atoms with E-state index in [1.54, 1.807) is 34.1 Å². The molecule has 0 bridgehead atoms. The molecule has 0 saturated carbocycles. The van der Waals surface area contributed by atoms with Gasteiger partial charge in [0.1, 0.15) is 0 Å². The second kappa shape index (κ2) is 9.09. The molecule has 3 rings (SSSR count). The molecule has 1 atom stereocenters. The molecule has 7 nitrogen and oxygen atoms in total. The maximum absolute atomic E-state index is 12.4. The van der Waals surface area contributed by atoms with E-state index in [0.29, 0.717) is 43.4 Å². The summed E-state index contributed by atoms with van der Waals surface area (Å²) in [5.74, 6) is 0. The summed E-state index contributed by atoms with van der Waals surface area (Å²) in [6.07, 6.45) is 2.93. The summed E-state index contributed by atoms with van der Waals surface area (Å²) in [6, 6.07) is 6.80. The Bertz CT molecular complexity index is 637. The normalized spacial score (nSPS) is 20.6. The van der Waals surface area contributed by atoms with Crippen molar-refractivity contribution < 1.29 is 14.3 Å². The van der Waals surface area contributed by atoms with E-state index < -0.39 is 0 Å². The van der Waals surface area contributed by atoms with Gasteiger partial charge in [0.05, 0.1) is 6.10 Å². The molecular weight excluding hydrogens is 356 g/mol. The number of nitrogens with zero attached hydrogens (tertiary/aromatic N) is 2. The standard InChI is InChI=1S/C18H25ClN4O3/c19-14-4-1-5-15(12-14)21-18(25)23-8-3-7-22(9-10-23)17(24)20-13-16-6-2-11-26-16/h1,4-5,12,16H,2-3,6-11,13H2,(H,20,24)(H,21,25). The minimum Gasteiger partial charge on any atom is -0.376 e. The third-order valence-corrected chi connectivity index (χ3v) is 4.89. The average molecular weight is 381 g/mol. The highest BCUT2D eigenvalue weighted by molar-refractivity contribution is 6.30. The molecule has 2 saturated heterocycles. The van der Waals surface area contributed by atoms with E-state index in [0.717, 1.165) is 25.9 Å². The zero-order chi connectivity index (χ0) is 18.4. The summed E-state index contributed by atoms with van der Waals surface area (Å²) in [4.78, 5) is 28.3. The van der Waals surface area contributed by atoms with E-state index in [1.807, 2.05) is 0 Å². The van der Waals surface area contributed by atoms with Crippen LogP contribution < -0.4 is 10.6 Å². The minimum absolute atomic E-state index is 0.0856. The highest BCUT2D eigenvalue weighted by Gasteiger charge is 2.23. The fourth-order valence-electron chi connectivity index (χ4n) is 3.21. The molecule has 8 heteroatoms. The zero-order valence-corrected chi connectivity index (χ0v) is 15.5. The average Bonchev–Trinajstić information content (AvgIpc) is 3.02. The fourth-order valence-corrected chi connectivity index (χ4v) is 3.40. The number of rotatable bonds is 3. The molecule has 2 fully saturated rings. The van der Waals surface area contributed by atoms with Gasteiger partial charge in [-0.1, -0.05) is 17.7 Å². The van der Waals surface area contributed by atoms with Crippen LogP contribution in [0.3, 0.4) is 0 Å². The molecule has 0 radical (unpaired) electrons. The Morgan fingerprint density at radius 1 is 1.12 bits per heavy atom. The van der Waals surface area contributed by atoms with Crippen LogP contribution in [-0.2, 0) is 4.74 Å². The van der Waals surface area contributed by atoms with Crippen molar-refractivity contribution in [2.24, 2.45) is 0 Å². The number of carbonyl (C=O) groups excluding carboxylic acids is 2. The van der Waals surface area contributed by atoms with Gasteiger partial charge in [0.2, 0.25) is 0 Å². The second-order valence-electron chi connectivity index (χ2n) is 6.59. The first-order chi connectivity index (χ1) is 12.6. The molecule has 2 aliphatic heterocycles. The summed E-state index contributed by atoms with van der Waals surface area (Å²) in [7, 11) is 0. The van der Waals surface area contributed by atoms with Gasteiger partial charge < -0.3 is 25.2 Å². The molecule has 1 aromatic carbocycles. The molecule has 0 spiro atoms. The van der Waals surface area contributed by atoms with E-state index in [1.165, 1.54) is 0 Å². The Labute approximate surface area is 158 Å². The summed E-state index contributed by atoms with van der Waals surface area (Å²) in [5.41, 5.74) is 0.665. The van der Waals surface area contributed by atoms with Gasteiger partial charge in [-0.3, -0.25) is 0 Å². The van der Waals surface area contributed by atoms with Crippen molar-refractivity contribution in [3.63, 3.8) is 0 Å². The molecule has 1 unspecified atom stereocenters. The third kappa shape index (κ3) is 5.25. The van der Waals surface area contributed by atoms with Gasteiger partial charge in [-0.2, -0.15) is 0 Å². The van der Waals surface area contributed by atoms with Crippen molar-refractivity contribution >= 4 is 29.4 Å². The van der Waals surface area contributed by atoms with E-state index in [4.69, 9.17) is 16.3 Å². The van der Waals surface area contributed by atoms with Crippen molar-refractivity contribution in [3.8, 4) is 0 Å². The van der Waals surface area contributed by atoms with Gasteiger partial charge in [-0.15, -0.1) is 0 Å². The lowest BCUT2D eigenvalue weighted by molar-refractivity contribution is 0.109. The third-order valence-electron chi connectivity index (χ3n) is 4.65. The predicted octanol–water partition coefficient (Wildman–Crippen LogP) is 2.77. The fraction of sp³-hybridized carbons (Fsp3) is 0.556. The van der Waals surface area contributed by atoms with Crippen LogP contribution in [0.1, 0.15) is 19.3 Å². The summed E-state index contributed by atoms with van der Waals surface area (Å²) < 4.78 is 5.53. The molecule has 0 aliphatic carbocycles. The monoisotopic (exact) mass is 380 g/mol. The first-order valence-corrected chi connectivity index (χ1v) is 9.45. The molecule has 2 heterocycles. The molecule has 1 aromatic rings. The number of benzene rings is 1. The van der Waals surface area contributed by atoms with E-state index >= 15 is 0 Å². The van der Waals surface area contributed by atoms with Crippen LogP contribution in [0.25, 0.3) is 0 Å². The largest absolute Gasteiger partial charge is 0.376 e. The molecule has 2 aliphatic rings. The number of carbonyl (C=O) groups is 2. The summed E-state index contributed by atoms with van der Waals surface area (Å²) >= 11 is 5.95. The molecule has 0 aromatic heterocycles. The van der Waals surface area contributed by atoms with E-state index in [-0.39, 0.29) is 18.2 Å². The molecule has 4 amide bonds. The summed E-state index contributed by atoms with van der Waals surface area (Å²) in [6.45, 7) is 3.59. The van der Waals surface area contributed by atoms with Gasteiger partial charge in [-0.25, -0.2) is 9.59 Å². The Hall–Kier alpha value is -1.99. The van der Waals surface area contributed by atoms with Crippen molar-refractivity contribution in [3.05, 3.63) is 29.3 Å². The molecule has 2 N–H and O–H groups in total. The quantitative estimate of drug-likeness (QED) is 0.846. The van der Waals surface area contributed by atoms with Crippen LogP contribution in [0.4, 0.5) is 15.3 Å². The molecule has 26 heavy (non-hydrogen) atoms. The van der Waals surface area contributed by atoms with Gasteiger partial charge >= 0.3 is 12.1 Å². The topological polar surface area (TPSA) is 73.9 Å². The SMILES string of the molecule is O=C(NCC1CCCO1)N1CCCN(C(=O)Nc2cccc(Cl)c2)CC1. The van der Waals surface area contributed by atoms with Crippen molar-refractivity contribution in [1.82, 2.24) is 15.1 Å². The molecular formula is C18H25ClN4O3. The second-order valence-corrected chi connectivity index (χ2v) is 7.03. The van der Waals surface area contributed by atoms with E-state index in [2.05, 4.69) is 10.6 Å². The number of halogens is 1. The number of amides is 4. The summed E-state index contributed by atoms with van der Waals surface area (Å²) in [5, 5.41) is 6.37. The van der Waals surface area contributed by atoms with Gasteiger partial charge in [0.25, 0.3) is 0 Å². The number of hydrogen-bond donors (Lipinski definition) is 2. The maximum atomic E-state index is 12.4. The Balaban J connectivity index is 1.46. The van der Waals surface area contributed by atoms with Crippen LogP contribution in [-0.4, -0.2) is 67.3 Å². The lowest BCUT2D eigenvalue weighted by Gasteiger charge is -2.23. The lowest BCUT2D eigenvalue weighted by Crippen LogP contribution is -2.45. The van der Waals surface area contributed by atoms with Crippen LogP contribution in [0, 0.1) is 0 Å². The Morgan fingerprint density at radius 2 is 1.88 bits per heavy atom. The highest BCUT2D eigenvalue weighted by Crippen LogP contribution is 2.16. The first-order valence-electron chi connectivity index (χ1n) is 9.08. The number of ether oxygens (including phenoxy) is 1. The first kappa shape index (κ1) is 18.8. The predicted molar refractivity (Wildman–Crippen MR) is 101 cm³/mol. The lowest BCUT2D eigenvalue weighted by atomic mass is 10.2. The van der Waals surface area contributed by atoms with Crippen molar-refractivity contribution in [1.29, 1.82) is 0 Å². The number of nitrogens with one attached hydrogen (secondary N) is 2. The van der Waals surface area contributed by atoms with Crippen molar-refractivity contribution in [2.45, 2.75) is 25.4 Å². The van der Waals surface area contributed by atoms with Crippen LogP contribution >= 0.6 is 11.6 Å². The smallest absolute Gasteiger partial charge is 0.321 e. The van der Waals surface area contributed by atoms with Gasteiger partial charge in [0, 0.05) is 50.0 Å². The van der Waals surface area contributed by atoms with Crippen LogP contribution in [0.2, 0.25) is 5.02 Å². The van der Waals surface area contributed by atoms with Gasteiger partial charge in [0.15, 0.2) is 0 Å². The van der Waals surface area contributed by atoms with Gasteiger partial charge in [-0.05, 0) is 37.5 Å². The number of urea groups is 2. The Kier molecular flexibility index (Phi) is 6.57. The zero-order valence-electron chi connectivity index (χ0n) is 14.7. The number of anilines is 1. The number of hydrogen-bond acceptors (Lipinski definition) is 3.